The van der Waals surface area contributed by atoms with Crippen LogP contribution in [0.4, 0.5) is 10.5 Å². The molecule has 0 aliphatic rings. The summed E-state index contributed by atoms with van der Waals surface area (Å²) in [5.41, 5.74) is 1.90. The molecule has 26 heavy (non-hydrogen) atoms. The summed E-state index contributed by atoms with van der Waals surface area (Å²) in [5.74, 6) is 1.48. The highest BCUT2D eigenvalue weighted by atomic mass is 127. The molecule has 0 aromatic heterocycles. The van der Waals surface area contributed by atoms with E-state index in [2.05, 4.69) is 40.1 Å². The van der Waals surface area contributed by atoms with Gasteiger partial charge in [-0.3, -0.25) is 4.99 Å². The van der Waals surface area contributed by atoms with Crippen LogP contribution in [0.15, 0.2) is 29.3 Å². The van der Waals surface area contributed by atoms with Crippen molar-refractivity contribution in [1.82, 2.24) is 16.0 Å². The first kappa shape index (κ1) is 24.5. The predicted octanol–water partition coefficient (Wildman–Crippen LogP) is 3.94. The van der Waals surface area contributed by atoms with Crippen LogP contribution in [0.2, 0.25) is 0 Å². The molecular formula is C19H34IN5O. The molecule has 7 heteroatoms. The first-order chi connectivity index (χ1) is 12.0. The molecule has 148 valence electrons. The summed E-state index contributed by atoms with van der Waals surface area (Å²) in [5, 5.41) is 12.3. The van der Waals surface area contributed by atoms with E-state index in [4.69, 9.17) is 0 Å². The molecule has 0 saturated carbocycles. The second-order valence-electron chi connectivity index (χ2n) is 6.44. The van der Waals surface area contributed by atoms with E-state index in [1.54, 1.807) is 7.05 Å². The van der Waals surface area contributed by atoms with E-state index in [1.165, 1.54) is 12.8 Å². The van der Waals surface area contributed by atoms with Gasteiger partial charge in [0.05, 0.1) is 0 Å². The molecule has 0 unspecified atom stereocenters. The third-order valence-corrected chi connectivity index (χ3v) is 4.03. The van der Waals surface area contributed by atoms with Crippen LogP contribution in [0.25, 0.3) is 0 Å². The number of anilines is 1. The smallest absolute Gasteiger partial charge is 0.319 e. The summed E-state index contributed by atoms with van der Waals surface area (Å²) in [6, 6.07) is 7.71. The molecule has 4 N–H and O–H groups in total. The van der Waals surface area contributed by atoms with Gasteiger partial charge in [-0.1, -0.05) is 38.8 Å². The summed E-state index contributed by atoms with van der Waals surface area (Å²) in [7, 11) is 1.78. The topological polar surface area (TPSA) is 77.6 Å². The first-order valence-electron chi connectivity index (χ1n) is 9.09. The second-order valence-corrected chi connectivity index (χ2v) is 6.44. The number of aliphatic imine (C=N–C) groups is 1. The SMILES string of the molecule is CCC(CC)CNC(=NC)NCc1ccc(NC(=O)NC(C)C)cc1.I. The number of halogens is 1. The molecule has 1 aromatic rings. The maximum Gasteiger partial charge on any atom is 0.319 e. The van der Waals surface area contributed by atoms with Gasteiger partial charge in [0.2, 0.25) is 0 Å². The maximum absolute atomic E-state index is 11.7. The van der Waals surface area contributed by atoms with Crippen molar-refractivity contribution in [3.8, 4) is 0 Å². The van der Waals surface area contributed by atoms with Gasteiger partial charge in [0.25, 0.3) is 0 Å². The summed E-state index contributed by atoms with van der Waals surface area (Å²) in [6.45, 7) is 9.89. The van der Waals surface area contributed by atoms with Crippen molar-refractivity contribution in [1.29, 1.82) is 0 Å². The number of nitrogens with zero attached hydrogens (tertiary/aromatic N) is 1. The summed E-state index contributed by atoms with van der Waals surface area (Å²) in [4.78, 5) is 15.9. The maximum atomic E-state index is 11.7. The Hall–Kier alpha value is -1.51. The lowest BCUT2D eigenvalue weighted by Crippen LogP contribution is -2.39. The van der Waals surface area contributed by atoms with E-state index >= 15 is 0 Å². The van der Waals surface area contributed by atoms with Gasteiger partial charge in [-0.25, -0.2) is 4.79 Å². The summed E-state index contributed by atoms with van der Waals surface area (Å²) >= 11 is 0. The Morgan fingerprint density at radius 3 is 2.19 bits per heavy atom. The van der Waals surface area contributed by atoms with Crippen LogP contribution < -0.4 is 21.3 Å². The highest BCUT2D eigenvalue weighted by Crippen LogP contribution is 2.09. The zero-order valence-electron chi connectivity index (χ0n) is 16.6. The molecule has 0 aliphatic heterocycles. The Morgan fingerprint density at radius 2 is 1.69 bits per heavy atom. The minimum atomic E-state index is -0.188. The fraction of sp³-hybridized carbons (Fsp3) is 0.579. The Balaban J connectivity index is 0.00000625. The van der Waals surface area contributed by atoms with Crippen LogP contribution in [-0.2, 0) is 6.54 Å². The van der Waals surface area contributed by atoms with Gasteiger partial charge in [-0.2, -0.15) is 0 Å². The van der Waals surface area contributed by atoms with Gasteiger partial charge < -0.3 is 21.3 Å². The Bertz CT molecular complexity index is 541. The van der Waals surface area contributed by atoms with E-state index in [0.29, 0.717) is 12.5 Å². The average molecular weight is 475 g/mol. The van der Waals surface area contributed by atoms with Crippen molar-refractivity contribution >= 4 is 41.7 Å². The van der Waals surface area contributed by atoms with Crippen LogP contribution in [-0.4, -0.2) is 31.6 Å². The molecule has 0 saturated heterocycles. The molecule has 0 bridgehead atoms. The molecule has 6 nitrogen and oxygen atoms in total. The van der Waals surface area contributed by atoms with Gasteiger partial charge in [0.1, 0.15) is 0 Å². The number of carbonyl (C=O) groups is 1. The van der Waals surface area contributed by atoms with E-state index in [-0.39, 0.29) is 36.0 Å². The Labute approximate surface area is 175 Å². The van der Waals surface area contributed by atoms with Gasteiger partial charge in [-0.05, 0) is 37.5 Å². The third kappa shape index (κ3) is 9.84. The molecule has 1 aromatic carbocycles. The molecule has 1 rings (SSSR count). The molecule has 0 heterocycles. The predicted molar refractivity (Wildman–Crippen MR) is 121 cm³/mol. The normalized spacial score (nSPS) is 11.1. The monoisotopic (exact) mass is 475 g/mol. The average Bonchev–Trinajstić information content (AvgIpc) is 2.59. The van der Waals surface area contributed by atoms with Crippen molar-refractivity contribution in [3.63, 3.8) is 0 Å². The van der Waals surface area contributed by atoms with Crippen LogP contribution in [0.5, 0.6) is 0 Å². The number of carbonyl (C=O) groups excluding carboxylic acids is 1. The van der Waals surface area contributed by atoms with E-state index < -0.39 is 0 Å². The van der Waals surface area contributed by atoms with E-state index in [1.807, 2.05) is 38.1 Å². The number of guanidine groups is 1. The quantitative estimate of drug-likeness (QED) is 0.261. The van der Waals surface area contributed by atoms with E-state index in [0.717, 1.165) is 23.8 Å². The third-order valence-electron chi connectivity index (χ3n) is 4.03. The zero-order chi connectivity index (χ0) is 18.7. The van der Waals surface area contributed by atoms with Gasteiger partial charge in [0, 0.05) is 31.9 Å². The second kappa shape index (κ2) is 13.7. The number of urea groups is 1. The van der Waals surface area contributed by atoms with Crippen molar-refractivity contribution < 1.29 is 4.79 Å². The first-order valence-corrected chi connectivity index (χ1v) is 9.09. The highest BCUT2D eigenvalue weighted by molar-refractivity contribution is 14.0. The lowest BCUT2D eigenvalue weighted by Gasteiger charge is -2.17. The molecule has 0 fully saturated rings. The van der Waals surface area contributed by atoms with Crippen LogP contribution in [0.1, 0.15) is 46.1 Å². The van der Waals surface area contributed by atoms with Crippen molar-refractivity contribution in [2.75, 3.05) is 18.9 Å². The Morgan fingerprint density at radius 1 is 1.08 bits per heavy atom. The molecule has 0 radical (unpaired) electrons. The van der Waals surface area contributed by atoms with Crippen LogP contribution in [0.3, 0.4) is 0 Å². The highest BCUT2D eigenvalue weighted by Gasteiger charge is 2.06. The minimum absolute atomic E-state index is 0. The van der Waals surface area contributed by atoms with Crippen molar-refractivity contribution in [2.45, 2.75) is 53.1 Å². The summed E-state index contributed by atoms with van der Waals surface area (Å²) in [6.07, 6.45) is 2.33. The fourth-order valence-electron chi connectivity index (χ4n) is 2.36. The number of hydrogen-bond donors (Lipinski definition) is 4. The standard InChI is InChI=1S/C19H33N5O.HI/c1-6-15(7-2)12-21-18(20-5)22-13-16-8-10-17(11-9-16)24-19(25)23-14(3)4;/h8-11,14-15H,6-7,12-13H2,1-5H3,(H2,20,21,22)(H2,23,24,25);1H. The lowest BCUT2D eigenvalue weighted by atomic mass is 10.0. The van der Waals surface area contributed by atoms with Gasteiger partial charge >= 0.3 is 6.03 Å². The molecule has 0 spiro atoms. The summed E-state index contributed by atoms with van der Waals surface area (Å²) < 4.78 is 0. The van der Waals surface area contributed by atoms with Crippen LogP contribution >= 0.6 is 24.0 Å². The lowest BCUT2D eigenvalue weighted by molar-refractivity contribution is 0.250. The largest absolute Gasteiger partial charge is 0.356 e. The number of hydrogen-bond acceptors (Lipinski definition) is 2. The zero-order valence-corrected chi connectivity index (χ0v) is 18.9. The Kier molecular flexibility index (Phi) is 12.9. The van der Waals surface area contributed by atoms with Crippen LogP contribution in [0, 0.1) is 5.92 Å². The number of amides is 2. The fourth-order valence-corrected chi connectivity index (χ4v) is 2.36. The number of benzene rings is 1. The van der Waals surface area contributed by atoms with E-state index in [9.17, 15) is 4.79 Å². The molecule has 0 atom stereocenters. The molecular weight excluding hydrogens is 441 g/mol. The molecule has 0 aliphatic carbocycles. The van der Waals surface area contributed by atoms with Gasteiger partial charge in [-0.15, -0.1) is 24.0 Å². The van der Waals surface area contributed by atoms with Crippen molar-refractivity contribution in [3.05, 3.63) is 29.8 Å². The molecule has 2 amide bonds. The minimum Gasteiger partial charge on any atom is -0.356 e. The van der Waals surface area contributed by atoms with Crippen molar-refractivity contribution in [2.24, 2.45) is 10.9 Å². The van der Waals surface area contributed by atoms with Gasteiger partial charge in [0.15, 0.2) is 5.96 Å². The number of rotatable bonds is 8. The number of nitrogens with one attached hydrogen (secondary N) is 4.